The Hall–Kier alpha value is -0.380. The topological polar surface area (TPSA) is 60.7 Å². The molecule has 0 heterocycles. The summed E-state index contributed by atoms with van der Waals surface area (Å²) in [7, 11) is 0. The van der Waals surface area contributed by atoms with Crippen molar-refractivity contribution in [3.63, 3.8) is 0 Å². The van der Waals surface area contributed by atoms with Crippen LogP contribution in [-0.2, 0) is 0 Å². The fraction of sp³-hybridized carbons (Fsp3) is 0.600. The molecular weight excluding hydrogens is 108 g/mol. The van der Waals surface area contributed by atoms with Gasteiger partial charge < -0.3 is 15.3 Å². The molecule has 0 bridgehead atoms. The molecule has 0 aliphatic heterocycles. The van der Waals surface area contributed by atoms with E-state index in [0.717, 1.165) is 0 Å². The minimum atomic E-state index is -1.09. The maximum atomic E-state index is 8.60. The van der Waals surface area contributed by atoms with Gasteiger partial charge in [-0.25, -0.2) is 0 Å². The molecule has 0 saturated heterocycles. The lowest BCUT2D eigenvalue weighted by Crippen LogP contribution is -2.26. The molecule has 0 radical (unpaired) electrons. The van der Waals surface area contributed by atoms with Crippen LogP contribution in [0.3, 0.4) is 0 Å². The highest BCUT2D eigenvalue weighted by molar-refractivity contribution is 4.83. The summed E-state index contributed by atoms with van der Waals surface area (Å²) in [4.78, 5) is 0. The van der Waals surface area contributed by atoms with Crippen LogP contribution in [-0.4, -0.2) is 34.1 Å². The molecule has 48 valence electrons. The summed E-state index contributed by atoms with van der Waals surface area (Å²) < 4.78 is 0. The third kappa shape index (κ3) is 2.07. The van der Waals surface area contributed by atoms with E-state index in [0.29, 0.717) is 0 Å². The zero-order valence-electron chi connectivity index (χ0n) is 4.49. The van der Waals surface area contributed by atoms with Gasteiger partial charge in [-0.05, 0) is 0 Å². The molecule has 3 heteroatoms. The standard InChI is InChI=1S/C5H10O3/c1-2-4(7)5(8)3-6/h2,4-8H,1,3H2/t4-,5-/m1/s1. The molecule has 2 atom stereocenters. The van der Waals surface area contributed by atoms with Crippen molar-refractivity contribution in [2.45, 2.75) is 12.2 Å². The second-order valence-electron chi connectivity index (χ2n) is 1.48. The van der Waals surface area contributed by atoms with Crippen LogP contribution < -0.4 is 0 Å². The predicted molar refractivity (Wildman–Crippen MR) is 29.3 cm³/mol. The van der Waals surface area contributed by atoms with Gasteiger partial charge in [0.25, 0.3) is 0 Å². The van der Waals surface area contributed by atoms with Crippen LogP contribution in [0, 0.1) is 0 Å². The molecule has 8 heavy (non-hydrogen) atoms. The molecule has 0 aromatic heterocycles. The number of rotatable bonds is 3. The fourth-order valence-electron chi connectivity index (χ4n) is 0.265. The third-order valence-corrected chi connectivity index (χ3v) is 0.823. The van der Waals surface area contributed by atoms with E-state index < -0.39 is 18.8 Å². The number of aliphatic hydroxyl groups is 3. The maximum absolute atomic E-state index is 8.60. The lowest BCUT2D eigenvalue weighted by atomic mass is 10.2. The lowest BCUT2D eigenvalue weighted by molar-refractivity contribution is 0.00964. The normalized spacial score (nSPS) is 17.4. The van der Waals surface area contributed by atoms with E-state index in [1.54, 1.807) is 0 Å². The van der Waals surface area contributed by atoms with Crippen molar-refractivity contribution in [3.8, 4) is 0 Å². The van der Waals surface area contributed by atoms with Gasteiger partial charge in [0.05, 0.1) is 12.7 Å². The minimum absolute atomic E-state index is 0.437. The monoisotopic (exact) mass is 118 g/mol. The molecule has 0 aliphatic carbocycles. The molecule has 3 N–H and O–H groups in total. The summed E-state index contributed by atoms with van der Waals surface area (Å²) in [5.41, 5.74) is 0. The molecule has 0 saturated carbocycles. The summed E-state index contributed by atoms with van der Waals surface area (Å²) in [5, 5.41) is 25.3. The lowest BCUT2D eigenvalue weighted by Gasteiger charge is -2.09. The van der Waals surface area contributed by atoms with Gasteiger partial charge in [0.2, 0.25) is 0 Å². The third-order valence-electron chi connectivity index (χ3n) is 0.823. The van der Waals surface area contributed by atoms with Crippen LogP contribution in [0.1, 0.15) is 0 Å². The van der Waals surface area contributed by atoms with Crippen LogP contribution in [0.15, 0.2) is 12.7 Å². The first-order chi connectivity index (χ1) is 3.72. The quantitative estimate of drug-likeness (QED) is 0.412. The van der Waals surface area contributed by atoms with E-state index in [1.807, 2.05) is 0 Å². The number of hydrogen-bond acceptors (Lipinski definition) is 3. The maximum Gasteiger partial charge on any atom is 0.106 e. The zero-order valence-corrected chi connectivity index (χ0v) is 4.49. The van der Waals surface area contributed by atoms with E-state index in [9.17, 15) is 0 Å². The van der Waals surface area contributed by atoms with Crippen LogP contribution >= 0.6 is 0 Å². The number of aliphatic hydroxyl groups excluding tert-OH is 3. The Morgan fingerprint density at radius 2 is 2.00 bits per heavy atom. The molecule has 0 aliphatic rings. The minimum Gasteiger partial charge on any atom is -0.394 e. The summed E-state index contributed by atoms with van der Waals surface area (Å²) in [5.74, 6) is 0. The summed E-state index contributed by atoms with van der Waals surface area (Å²) >= 11 is 0. The Morgan fingerprint density at radius 3 is 2.12 bits per heavy atom. The van der Waals surface area contributed by atoms with Crippen molar-refractivity contribution >= 4 is 0 Å². The van der Waals surface area contributed by atoms with E-state index in [-0.39, 0.29) is 0 Å². The Labute approximate surface area is 47.9 Å². The highest BCUT2D eigenvalue weighted by Crippen LogP contribution is 1.90. The van der Waals surface area contributed by atoms with Crippen LogP contribution in [0.2, 0.25) is 0 Å². The average Bonchev–Trinajstić information content (AvgIpc) is 1.84. The van der Waals surface area contributed by atoms with Crippen molar-refractivity contribution in [1.82, 2.24) is 0 Å². The number of hydrogen-bond donors (Lipinski definition) is 3. The Bertz CT molecular complexity index is 72.1. The highest BCUT2D eigenvalue weighted by atomic mass is 16.4. The molecule has 0 fully saturated rings. The van der Waals surface area contributed by atoms with Gasteiger partial charge in [-0.15, -0.1) is 6.58 Å². The van der Waals surface area contributed by atoms with Gasteiger partial charge in [-0.2, -0.15) is 0 Å². The Morgan fingerprint density at radius 1 is 1.50 bits per heavy atom. The van der Waals surface area contributed by atoms with Crippen LogP contribution in [0.25, 0.3) is 0 Å². The molecule has 0 aromatic rings. The van der Waals surface area contributed by atoms with E-state index in [1.165, 1.54) is 6.08 Å². The van der Waals surface area contributed by atoms with E-state index >= 15 is 0 Å². The summed E-state index contributed by atoms with van der Waals surface area (Å²) in [6.45, 7) is 2.77. The van der Waals surface area contributed by atoms with Crippen molar-refractivity contribution in [2.75, 3.05) is 6.61 Å². The first-order valence-corrected chi connectivity index (χ1v) is 2.32. The first kappa shape index (κ1) is 7.62. The molecule has 0 spiro atoms. The van der Waals surface area contributed by atoms with Gasteiger partial charge in [0.1, 0.15) is 6.10 Å². The summed E-state index contributed by atoms with van der Waals surface area (Å²) in [6, 6.07) is 0. The smallest absolute Gasteiger partial charge is 0.106 e. The molecule has 0 aromatic carbocycles. The largest absolute Gasteiger partial charge is 0.394 e. The van der Waals surface area contributed by atoms with Gasteiger partial charge >= 0.3 is 0 Å². The molecular formula is C5H10O3. The fourth-order valence-corrected chi connectivity index (χ4v) is 0.265. The van der Waals surface area contributed by atoms with Crippen molar-refractivity contribution in [3.05, 3.63) is 12.7 Å². The van der Waals surface area contributed by atoms with Gasteiger partial charge in [0.15, 0.2) is 0 Å². The van der Waals surface area contributed by atoms with Gasteiger partial charge in [-0.1, -0.05) is 6.08 Å². The van der Waals surface area contributed by atoms with E-state index in [2.05, 4.69) is 6.58 Å². The highest BCUT2D eigenvalue weighted by Gasteiger charge is 2.09. The van der Waals surface area contributed by atoms with Gasteiger partial charge in [-0.3, -0.25) is 0 Å². The van der Waals surface area contributed by atoms with Crippen LogP contribution in [0.5, 0.6) is 0 Å². The van der Waals surface area contributed by atoms with Crippen molar-refractivity contribution in [1.29, 1.82) is 0 Å². The summed E-state index contributed by atoms with van der Waals surface area (Å²) in [6.07, 6.45) is -0.937. The SMILES string of the molecule is C=C[C@@H](O)[C@H](O)CO. The Balaban J connectivity index is 3.44. The average molecular weight is 118 g/mol. The second-order valence-corrected chi connectivity index (χ2v) is 1.48. The second kappa shape index (κ2) is 3.60. The molecule has 0 unspecified atom stereocenters. The molecule has 0 rings (SSSR count). The molecule has 0 amide bonds. The zero-order chi connectivity index (χ0) is 6.57. The van der Waals surface area contributed by atoms with Crippen molar-refractivity contribution < 1.29 is 15.3 Å². The van der Waals surface area contributed by atoms with Gasteiger partial charge in [0, 0.05) is 0 Å². The van der Waals surface area contributed by atoms with Crippen LogP contribution in [0.4, 0.5) is 0 Å². The molecule has 3 nitrogen and oxygen atoms in total. The Kier molecular flexibility index (Phi) is 3.43. The first-order valence-electron chi connectivity index (χ1n) is 2.32. The van der Waals surface area contributed by atoms with Crippen molar-refractivity contribution in [2.24, 2.45) is 0 Å². The predicted octanol–water partition coefficient (Wildman–Crippen LogP) is -1.11. The van der Waals surface area contributed by atoms with E-state index in [4.69, 9.17) is 15.3 Å².